The number of hydrogen-bond acceptors (Lipinski definition) is 2. The molecule has 1 saturated carbocycles. The normalized spacial score (nSPS) is 22.0. The smallest absolute Gasteiger partial charge is 0.251 e. The molecule has 1 atom stereocenters. The van der Waals surface area contributed by atoms with Gasteiger partial charge in [0.2, 0.25) is 5.91 Å². The van der Waals surface area contributed by atoms with Gasteiger partial charge in [-0.05, 0) is 61.8 Å². The molecule has 0 aromatic heterocycles. The molecule has 0 saturated heterocycles. The molecule has 1 fully saturated rings. The van der Waals surface area contributed by atoms with Gasteiger partial charge in [0.1, 0.15) is 11.9 Å². The van der Waals surface area contributed by atoms with E-state index in [1.54, 1.807) is 0 Å². The van der Waals surface area contributed by atoms with Crippen molar-refractivity contribution >= 4 is 11.8 Å². The van der Waals surface area contributed by atoms with Gasteiger partial charge in [0, 0.05) is 11.6 Å². The summed E-state index contributed by atoms with van der Waals surface area (Å²) in [6, 6.07) is 4.91. The Labute approximate surface area is 143 Å². The second-order valence-electron chi connectivity index (χ2n) is 7.17. The van der Waals surface area contributed by atoms with Crippen molar-refractivity contribution in [2.75, 3.05) is 0 Å². The molecule has 1 aromatic rings. The summed E-state index contributed by atoms with van der Waals surface area (Å²) in [5.74, 6) is -0.202. The molecule has 4 nitrogen and oxygen atoms in total. The molecular weight excluding hydrogens is 307 g/mol. The molecule has 2 amide bonds. The standard InChI is InChI=1S/C19H27FN2O2/c1-12(2)17(19(24)21-16-10-4-13(3)5-11-16)22-18(23)14-6-8-15(20)9-7-14/h6-9,12-13,16-17H,4-5,10-11H2,1-3H3,(H,21,24)(H,22,23)/t13?,16?,17-/m1/s1. The van der Waals surface area contributed by atoms with Crippen LogP contribution in [0.1, 0.15) is 56.8 Å². The topological polar surface area (TPSA) is 58.2 Å². The molecule has 1 aliphatic rings. The third-order valence-electron chi connectivity index (χ3n) is 4.70. The first kappa shape index (κ1) is 18.4. The van der Waals surface area contributed by atoms with E-state index in [0.29, 0.717) is 5.56 Å². The minimum absolute atomic E-state index is 0.0306. The van der Waals surface area contributed by atoms with Gasteiger partial charge in [0.05, 0.1) is 0 Å². The minimum Gasteiger partial charge on any atom is -0.352 e. The lowest BCUT2D eigenvalue weighted by Crippen LogP contribution is -2.52. The molecule has 5 heteroatoms. The molecule has 0 aliphatic heterocycles. The van der Waals surface area contributed by atoms with Gasteiger partial charge in [-0.15, -0.1) is 0 Å². The molecule has 1 aliphatic carbocycles. The molecule has 132 valence electrons. The molecule has 0 unspecified atom stereocenters. The van der Waals surface area contributed by atoms with Crippen molar-refractivity contribution in [2.45, 2.75) is 58.5 Å². The van der Waals surface area contributed by atoms with Crippen LogP contribution >= 0.6 is 0 Å². The van der Waals surface area contributed by atoms with Crippen molar-refractivity contribution in [1.29, 1.82) is 0 Å². The summed E-state index contributed by atoms with van der Waals surface area (Å²) in [7, 11) is 0. The average Bonchev–Trinajstić information content (AvgIpc) is 2.54. The summed E-state index contributed by atoms with van der Waals surface area (Å²) in [6.07, 6.45) is 4.23. The number of benzene rings is 1. The van der Waals surface area contributed by atoms with E-state index in [2.05, 4.69) is 17.6 Å². The number of amides is 2. The van der Waals surface area contributed by atoms with E-state index in [1.165, 1.54) is 24.3 Å². The number of hydrogen-bond donors (Lipinski definition) is 2. The fraction of sp³-hybridized carbons (Fsp3) is 0.579. The Morgan fingerprint density at radius 3 is 2.21 bits per heavy atom. The van der Waals surface area contributed by atoms with Gasteiger partial charge in [-0.2, -0.15) is 0 Å². The van der Waals surface area contributed by atoms with Crippen molar-refractivity contribution in [2.24, 2.45) is 11.8 Å². The Balaban J connectivity index is 1.96. The molecule has 0 heterocycles. The van der Waals surface area contributed by atoms with Gasteiger partial charge in [0.15, 0.2) is 0 Å². The van der Waals surface area contributed by atoms with Crippen LogP contribution in [0.2, 0.25) is 0 Å². The molecule has 24 heavy (non-hydrogen) atoms. The predicted octanol–water partition coefficient (Wildman–Crippen LogP) is 3.28. The summed E-state index contributed by atoms with van der Waals surface area (Å²) in [4.78, 5) is 24.9. The molecule has 2 rings (SSSR count). The molecule has 0 spiro atoms. The van der Waals surface area contributed by atoms with E-state index in [0.717, 1.165) is 31.6 Å². The molecular formula is C19H27FN2O2. The highest BCUT2D eigenvalue weighted by atomic mass is 19.1. The van der Waals surface area contributed by atoms with E-state index in [4.69, 9.17) is 0 Å². The third kappa shape index (κ3) is 5.05. The SMILES string of the molecule is CC1CCC(NC(=O)[C@H](NC(=O)c2ccc(F)cc2)C(C)C)CC1. The minimum atomic E-state index is -0.595. The second-order valence-corrected chi connectivity index (χ2v) is 7.17. The van der Waals surface area contributed by atoms with Crippen molar-refractivity contribution in [3.05, 3.63) is 35.6 Å². The van der Waals surface area contributed by atoms with E-state index in [9.17, 15) is 14.0 Å². The number of nitrogens with one attached hydrogen (secondary N) is 2. The highest BCUT2D eigenvalue weighted by Crippen LogP contribution is 2.23. The average molecular weight is 334 g/mol. The van der Waals surface area contributed by atoms with Gasteiger partial charge in [-0.1, -0.05) is 20.8 Å². The van der Waals surface area contributed by atoms with Crippen LogP contribution in [0.5, 0.6) is 0 Å². The van der Waals surface area contributed by atoms with Crippen LogP contribution in [0.4, 0.5) is 4.39 Å². The summed E-state index contributed by atoms with van der Waals surface area (Å²) in [5, 5.41) is 5.85. The Morgan fingerprint density at radius 1 is 1.08 bits per heavy atom. The molecule has 0 bridgehead atoms. The summed E-state index contributed by atoms with van der Waals surface area (Å²) in [5.41, 5.74) is 0.348. The highest BCUT2D eigenvalue weighted by Gasteiger charge is 2.27. The van der Waals surface area contributed by atoms with Gasteiger partial charge in [-0.3, -0.25) is 9.59 Å². The lowest BCUT2D eigenvalue weighted by Gasteiger charge is -2.29. The number of rotatable bonds is 5. The largest absolute Gasteiger partial charge is 0.352 e. The van der Waals surface area contributed by atoms with Crippen LogP contribution in [0, 0.1) is 17.7 Å². The highest BCUT2D eigenvalue weighted by molar-refractivity contribution is 5.97. The maximum atomic E-state index is 13.0. The summed E-state index contributed by atoms with van der Waals surface area (Å²) in [6.45, 7) is 6.04. The number of carbonyl (C=O) groups excluding carboxylic acids is 2. The lowest BCUT2D eigenvalue weighted by molar-refractivity contribution is -0.124. The van der Waals surface area contributed by atoms with Crippen molar-refractivity contribution in [3.8, 4) is 0 Å². The van der Waals surface area contributed by atoms with Crippen molar-refractivity contribution in [1.82, 2.24) is 10.6 Å². The Bertz CT molecular complexity index is 563. The van der Waals surface area contributed by atoms with Gasteiger partial charge < -0.3 is 10.6 Å². The Hall–Kier alpha value is -1.91. The molecule has 0 radical (unpaired) electrons. The first-order valence-electron chi connectivity index (χ1n) is 8.73. The van der Waals surface area contributed by atoms with Gasteiger partial charge in [-0.25, -0.2) is 4.39 Å². The fourth-order valence-electron chi connectivity index (χ4n) is 3.06. The van der Waals surface area contributed by atoms with E-state index < -0.39 is 11.9 Å². The zero-order valence-corrected chi connectivity index (χ0v) is 14.6. The van der Waals surface area contributed by atoms with E-state index in [-0.39, 0.29) is 23.8 Å². The third-order valence-corrected chi connectivity index (χ3v) is 4.70. The van der Waals surface area contributed by atoms with Crippen LogP contribution in [0.25, 0.3) is 0 Å². The molecule has 2 N–H and O–H groups in total. The van der Waals surface area contributed by atoms with Crippen LogP contribution in [-0.2, 0) is 4.79 Å². The van der Waals surface area contributed by atoms with Crippen LogP contribution in [0.3, 0.4) is 0 Å². The Kier molecular flexibility index (Phi) is 6.35. The van der Waals surface area contributed by atoms with Crippen LogP contribution in [-0.4, -0.2) is 23.9 Å². The summed E-state index contributed by atoms with van der Waals surface area (Å²) < 4.78 is 13.0. The Morgan fingerprint density at radius 2 is 1.67 bits per heavy atom. The van der Waals surface area contributed by atoms with Crippen molar-refractivity contribution in [3.63, 3.8) is 0 Å². The van der Waals surface area contributed by atoms with E-state index in [1.807, 2.05) is 13.8 Å². The van der Waals surface area contributed by atoms with E-state index >= 15 is 0 Å². The predicted molar refractivity (Wildman–Crippen MR) is 92.1 cm³/mol. The zero-order chi connectivity index (χ0) is 17.7. The quantitative estimate of drug-likeness (QED) is 0.868. The number of carbonyl (C=O) groups is 2. The first-order valence-corrected chi connectivity index (χ1v) is 8.73. The maximum Gasteiger partial charge on any atom is 0.251 e. The summed E-state index contributed by atoms with van der Waals surface area (Å²) >= 11 is 0. The lowest BCUT2D eigenvalue weighted by atomic mass is 9.87. The van der Waals surface area contributed by atoms with Crippen LogP contribution in [0.15, 0.2) is 24.3 Å². The zero-order valence-electron chi connectivity index (χ0n) is 14.6. The number of halogens is 1. The maximum absolute atomic E-state index is 13.0. The van der Waals surface area contributed by atoms with Crippen LogP contribution < -0.4 is 10.6 Å². The molecule has 1 aromatic carbocycles. The second kappa shape index (κ2) is 8.27. The first-order chi connectivity index (χ1) is 11.4. The van der Waals surface area contributed by atoms with Gasteiger partial charge >= 0.3 is 0 Å². The van der Waals surface area contributed by atoms with Crippen molar-refractivity contribution < 1.29 is 14.0 Å². The fourth-order valence-corrected chi connectivity index (χ4v) is 3.06. The van der Waals surface area contributed by atoms with Gasteiger partial charge in [0.25, 0.3) is 5.91 Å². The monoisotopic (exact) mass is 334 g/mol.